The lowest BCUT2D eigenvalue weighted by Gasteiger charge is -2.08. The Kier molecular flexibility index (Phi) is 7.35. The first-order chi connectivity index (χ1) is 13.4. The van der Waals surface area contributed by atoms with E-state index in [4.69, 9.17) is 21.1 Å². The lowest BCUT2D eigenvalue weighted by molar-refractivity contribution is -0.307. The molecule has 0 radical (unpaired) electrons. The first-order valence-electron chi connectivity index (χ1n) is 7.79. The van der Waals surface area contributed by atoms with Crippen molar-refractivity contribution in [2.24, 2.45) is 5.10 Å². The predicted octanol–water partition coefficient (Wildman–Crippen LogP) is 0.566. The maximum Gasteiger partial charge on any atom is 0.329 e. The van der Waals surface area contributed by atoms with Crippen LogP contribution in [0.2, 0.25) is 5.02 Å². The van der Waals surface area contributed by atoms with Crippen LogP contribution in [0.15, 0.2) is 47.6 Å². The second-order valence-electron chi connectivity index (χ2n) is 5.24. The minimum absolute atomic E-state index is 0.146. The molecule has 28 heavy (non-hydrogen) atoms. The van der Waals surface area contributed by atoms with E-state index in [0.29, 0.717) is 17.0 Å². The molecule has 2 N–H and O–H groups in total. The molecule has 2 rings (SSSR count). The molecule has 0 aliphatic rings. The molecular formula is C18H15ClN3O6-. The molecule has 0 saturated carbocycles. The summed E-state index contributed by atoms with van der Waals surface area (Å²) >= 11 is 5.96. The standard InChI is InChI=1S/C18H16ClN3O6/c1-27-13-4-2-3-12(8-13)21-17(25)18(26)22-20-9-11-5-6-15(14(19)7-11)28-10-16(23)24/h2-9H,10H2,1H3,(H,21,25)(H,22,26)(H,23,24)/p-1/b20-9-. The summed E-state index contributed by atoms with van der Waals surface area (Å²) in [5, 5.41) is 16.6. The molecule has 0 bridgehead atoms. The van der Waals surface area contributed by atoms with Gasteiger partial charge in [0.25, 0.3) is 0 Å². The summed E-state index contributed by atoms with van der Waals surface area (Å²) in [5.74, 6) is -2.57. The zero-order valence-corrected chi connectivity index (χ0v) is 15.4. The summed E-state index contributed by atoms with van der Waals surface area (Å²) in [4.78, 5) is 34.0. The number of hydrogen-bond donors (Lipinski definition) is 2. The number of amides is 2. The Hall–Kier alpha value is -3.59. The Labute approximate surface area is 164 Å². The minimum atomic E-state index is -1.38. The smallest absolute Gasteiger partial charge is 0.329 e. The van der Waals surface area contributed by atoms with Crippen LogP contribution >= 0.6 is 11.6 Å². The van der Waals surface area contributed by atoms with Crippen molar-refractivity contribution in [2.45, 2.75) is 0 Å². The number of nitrogens with one attached hydrogen (secondary N) is 2. The number of carboxylic acid groups (broad SMARTS) is 1. The molecule has 2 amide bonds. The van der Waals surface area contributed by atoms with Gasteiger partial charge in [-0.25, -0.2) is 5.43 Å². The maximum absolute atomic E-state index is 11.9. The van der Waals surface area contributed by atoms with E-state index in [2.05, 4.69) is 15.8 Å². The van der Waals surface area contributed by atoms with Crippen LogP contribution < -0.4 is 25.3 Å². The molecule has 2 aromatic rings. The van der Waals surface area contributed by atoms with E-state index >= 15 is 0 Å². The third-order valence-corrected chi connectivity index (χ3v) is 3.51. The van der Waals surface area contributed by atoms with E-state index in [-0.39, 0.29) is 10.8 Å². The van der Waals surface area contributed by atoms with Gasteiger partial charge in [-0.1, -0.05) is 17.7 Å². The van der Waals surface area contributed by atoms with E-state index in [9.17, 15) is 19.5 Å². The van der Waals surface area contributed by atoms with E-state index in [0.717, 1.165) is 0 Å². The molecular weight excluding hydrogens is 390 g/mol. The van der Waals surface area contributed by atoms with Gasteiger partial charge in [0.1, 0.15) is 18.1 Å². The van der Waals surface area contributed by atoms with Crippen LogP contribution in [0.25, 0.3) is 0 Å². The number of hydrogen-bond acceptors (Lipinski definition) is 7. The molecule has 0 aliphatic heterocycles. The van der Waals surface area contributed by atoms with E-state index in [1.165, 1.54) is 31.5 Å². The zero-order chi connectivity index (χ0) is 20.5. The Bertz CT molecular complexity index is 916. The van der Waals surface area contributed by atoms with Gasteiger partial charge in [-0.2, -0.15) is 5.10 Å². The highest BCUT2D eigenvalue weighted by Gasteiger charge is 2.13. The average Bonchev–Trinajstić information content (AvgIpc) is 2.67. The van der Waals surface area contributed by atoms with E-state index in [1.807, 2.05) is 0 Å². The van der Waals surface area contributed by atoms with Crippen LogP contribution in [0.4, 0.5) is 5.69 Å². The first-order valence-corrected chi connectivity index (χ1v) is 8.17. The van der Waals surface area contributed by atoms with Crippen molar-refractivity contribution in [3.05, 3.63) is 53.1 Å². The molecule has 0 saturated heterocycles. The fraction of sp³-hybridized carbons (Fsp3) is 0.111. The molecule has 0 aliphatic carbocycles. The molecule has 0 fully saturated rings. The van der Waals surface area contributed by atoms with Crippen molar-refractivity contribution in [1.29, 1.82) is 0 Å². The molecule has 2 aromatic carbocycles. The van der Waals surface area contributed by atoms with Crippen LogP contribution in [0.3, 0.4) is 0 Å². The summed E-state index contributed by atoms with van der Waals surface area (Å²) in [6.45, 7) is -0.633. The van der Waals surface area contributed by atoms with E-state index in [1.54, 1.807) is 24.3 Å². The van der Waals surface area contributed by atoms with Gasteiger partial charge in [-0.15, -0.1) is 0 Å². The Morgan fingerprint density at radius 3 is 2.64 bits per heavy atom. The number of anilines is 1. The lowest BCUT2D eigenvalue weighted by Crippen LogP contribution is -2.32. The topological polar surface area (TPSA) is 129 Å². The number of methoxy groups -OCH3 is 1. The van der Waals surface area contributed by atoms with Crippen LogP contribution in [0.1, 0.15) is 5.56 Å². The zero-order valence-electron chi connectivity index (χ0n) is 14.6. The highest BCUT2D eigenvalue weighted by molar-refractivity contribution is 6.39. The molecule has 0 heterocycles. The lowest BCUT2D eigenvalue weighted by atomic mass is 10.2. The van der Waals surface area contributed by atoms with Crippen LogP contribution in [-0.2, 0) is 14.4 Å². The van der Waals surface area contributed by atoms with Gasteiger partial charge in [0.15, 0.2) is 0 Å². The highest BCUT2D eigenvalue weighted by atomic mass is 35.5. The fourth-order valence-corrected chi connectivity index (χ4v) is 2.20. The van der Waals surface area contributed by atoms with Gasteiger partial charge < -0.3 is 24.7 Å². The number of nitrogens with zero attached hydrogens (tertiary/aromatic N) is 1. The first kappa shape index (κ1) is 20.7. The van der Waals surface area contributed by atoms with Crippen molar-refractivity contribution in [2.75, 3.05) is 19.0 Å². The summed E-state index contributed by atoms with van der Waals surface area (Å²) in [6.07, 6.45) is 1.26. The second kappa shape index (κ2) is 9.93. The van der Waals surface area contributed by atoms with Crippen molar-refractivity contribution < 1.29 is 29.0 Å². The number of aliphatic carboxylic acids is 1. The van der Waals surface area contributed by atoms with Gasteiger partial charge in [0.2, 0.25) is 0 Å². The van der Waals surface area contributed by atoms with Crippen LogP contribution in [-0.4, -0.2) is 37.7 Å². The molecule has 146 valence electrons. The quantitative estimate of drug-likeness (QED) is 0.394. The van der Waals surface area contributed by atoms with E-state index < -0.39 is 24.4 Å². The third-order valence-electron chi connectivity index (χ3n) is 3.22. The van der Waals surface area contributed by atoms with Crippen LogP contribution in [0.5, 0.6) is 11.5 Å². The normalized spacial score (nSPS) is 10.4. The van der Waals surface area contributed by atoms with Gasteiger partial charge in [0.05, 0.1) is 24.3 Å². The largest absolute Gasteiger partial charge is 0.546 e. The number of hydrazone groups is 1. The molecule has 0 spiro atoms. The summed E-state index contributed by atoms with van der Waals surface area (Å²) < 4.78 is 9.96. The van der Waals surface area contributed by atoms with Gasteiger partial charge in [0, 0.05) is 11.8 Å². The summed E-state index contributed by atoms with van der Waals surface area (Å²) in [5.41, 5.74) is 2.96. The number of halogens is 1. The monoisotopic (exact) mass is 404 g/mol. The molecule has 0 atom stereocenters. The van der Waals surface area contributed by atoms with Crippen molar-refractivity contribution in [1.82, 2.24) is 5.43 Å². The number of carboxylic acids is 1. The van der Waals surface area contributed by atoms with Crippen molar-refractivity contribution in [3.8, 4) is 11.5 Å². The Morgan fingerprint density at radius 2 is 1.96 bits per heavy atom. The Balaban J connectivity index is 1.90. The van der Waals surface area contributed by atoms with Gasteiger partial charge in [-0.3, -0.25) is 9.59 Å². The predicted molar refractivity (Wildman–Crippen MR) is 99.3 cm³/mol. The van der Waals surface area contributed by atoms with Crippen molar-refractivity contribution >= 4 is 41.3 Å². The summed E-state index contributed by atoms with van der Waals surface area (Å²) in [6, 6.07) is 10.9. The molecule has 0 unspecified atom stereocenters. The average molecular weight is 405 g/mol. The van der Waals surface area contributed by atoms with Gasteiger partial charge in [-0.05, 0) is 35.9 Å². The number of rotatable bonds is 7. The SMILES string of the molecule is COc1cccc(NC(=O)C(=O)N/N=C\c2ccc(OCC(=O)[O-])c(Cl)c2)c1. The number of ether oxygens (including phenoxy) is 2. The number of carbonyl (C=O) groups is 3. The number of benzene rings is 2. The van der Waals surface area contributed by atoms with Crippen molar-refractivity contribution in [3.63, 3.8) is 0 Å². The third kappa shape index (κ3) is 6.29. The molecule has 0 aromatic heterocycles. The molecule has 9 nitrogen and oxygen atoms in total. The highest BCUT2D eigenvalue weighted by Crippen LogP contribution is 2.24. The number of carbonyl (C=O) groups excluding carboxylic acids is 3. The Morgan fingerprint density at radius 1 is 1.18 bits per heavy atom. The fourth-order valence-electron chi connectivity index (χ4n) is 1.96. The minimum Gasteiger partial charge on any atom is -0.546 e. The summed E-state index contributed by atoms with van der Waals surface area (Å²) in [7, 11) is 1.48. The molecule has 10 heteroatoms. The van der Waals surface area contributed by atoms with Crippen LogP contribution in [0, 0.1) is 0 Å². The second-order valence-corrected chi connectivity index (χ2v) is 5.64. The maximum atomic E-state index is 11.9. The van der Waals surface area contributed by atoms with Gasteiger partial charge >= 0.3 is 11.8 Å².